The quantitative estimate of drug-likeness (QED) is 0.621. The molecule has 1 heterocycles. The molecule has 0 saturated heterocycles. The number of imide groups is 1. The van der Waals surface area contributed by atoms with Crippen molar-refractivity contribution in [3.05, 3.63) is 76.2 Å². The van der Waals surface area contributed by atoms with Crippen LogP contribution in [0.5, 0.6) is 0 Å². The molecule has 3 aromatic rings. The zero-order valence-corrected chi connectivity index (χ0v) is 16.4. The molecule has 0 saturated carbocycles. The first kappa shape index (κ1) is 20.7. The number of hydrogen-bond acceptors (Lipinski definition) is 6. The number of carbonyl (C=O) groups excluding carboxylic acids is 3. The summed E-state index contributed by atoms with van der Waals surface area (Å²) in [6, 6.07) is 14.1. The molecule has 0 aliphatic carbocycles. The number of nitrogens with zero attached hydrogens (tertiary/aromatic N) is 2. The van der Waals surface area contributed by atoms with E-state index in [0.29, 0.717) is 16.3 Å². The number of aryl methyl sites for hydroxylation is 1. The van der Waals surface area contributed by atoms with Gasteiger partial charge in [0.05, 0.1) is 5.39 Å². The van der Waals surface area contributed by atoms with Crippen LogP contribution in [0.4, 0.5) is 4.79 Å². The third-order valence-electron chi connectivity index (χ3n) is 4.39. The summed E-state index contributed by atoms with van der Waals surface area (Å²) in [5.41, 5.74) is -0.0530. The van der Waals surface area contributed by atoms with Crippen LogP contribution in [0.15, 0.2) is 59.4 Å². The molecule has 154 valence electrons. The summed E-state index contributed by atoms with van der Waals surface area (Å²) in [5, 5.41) is 9.13. The zero-order chi connectivity index (χ0) is 21.7. The van der Waals surface area contributed by atoms with Crippen molar-refractivity contribution >= 4 is 28.7 Å². The third-order valence-corrected chi connectivity index (χ3v) is 4.39. The second kappa shape index (κ2) is 8.99. The number of aromatic nitrogens is 2. The van der Waals surface area contributed by atoms with Crippen LogP contribution < -0.4 is 16.2 Å². The van der Waals surface area contributed by atoms with Crippen molar-refractivity contribution in [3.8, 4) is 0 Å². The second-order valence-electron chi connectivity index (χ2n) is 6.28. The van der Waals surface area contributed by atoms with Crippen LogP contribution >= 0.6 is 0 Å². The number of ether oxygens (including phenoxy) is 1. The van der Waals surface area contributed by atoms with Crippen LogP contribution in [0, 0.1) is 0 Å². The topological polar surface area (TPSA) is 119 Å². The van der Waals surface area contributed by atoms with Gasteiger partial charge in [-0.3, -0.25) is 14.9 Å². The molecule has 0 radical (unpaired) electrons. The Balaban J connectivity index is 2.02. The molecule has 0 aliphatic heterocycles. The lowest BCUT2D eigenvalue weighted by Gasteiger charge is -2.18. The summed E-state index contributed by atoms with van der Waals surface area (Å²) in [5.74, 6) is -1.71. The number of nitrogens with one attached hydrogen (secondary N) is 2. The monoisotopic (exact) mass is 408 g/mol. The van der Waals surface area contributed by atoms with E-state index in [-0.39, 0.29) is 17.8 Å². The van der Waals surface area contributed by atoms with Gasteiger partial charge in [0.25, 0.3) is 11.5 Å². The highest BCUT2D eigenvalue weighted by Crippen LogP contribution is 2.21. The fourth-order valence-corrected chi connectivity index (χ4v) is 2.90. The van der Waals surface area contributed by atoms with E-state index in [1.807, 2.05) is 0 Å². The van der Waals surface area contributed by atoms with Gasteiger partial charge in [-0.25, -0.2) is 14.3 Å². The molecule has 3 rings (SSSR count). The molecule has 1 aromatic heterocycles. The van der Waals surface area contributed by atoms with E-state index in [1.54, 1.807) is 61.5 Å². The minimum absolute atomic E-state index is 0.0966. The van der Waals surface area contributed by atoms with Crippen LogP contribution in [0.1, 0.15) is 29.1 Å². The predicted molar refractivity (Wildman–Crippen MR) is 109 cm³/mol. The number of benzene rings is 2. The Morgan fingerprint density at radius 2 is 1.67 bits per heavy atom. The first-order chi connectivity index (χ1) is 14.5. The molecule has 0 bridgehead atoms. The van der Waals surface area contributed by atoms with E-state index in [9.17, 15) is 19.2 Å². The third kappa shape index (κ3) is 4.19. The van der Waals surface area contributed by atoms with Crippen LogP contribution in [-0.4, -0.2) is 34.7 Å². The summed E-state index contributed by atoms with van der Waals surface area (Å²) in [7, 11) is 1.36. The van der Waals surface area contributed by atoms with Gasteiger partial charge in [0.2, 0.25) is 6.10 Å². The Hall–Kier alpha value is -4.01. The SMILES string of the molecule is CCn1nc(C(=O)OC(C(=O)NC(=O)NC)c2ccccc2)c2ccccc2c1=O. The molecule has 0 aliphatic rings. The lowest BCUT2D eigenvalue weighted by molar-refractivity contribution is -0.129. The van der Waals surface area contributed by atoms with Gasteiger partial charge in [-0.2, -0.15) is 5.10 Å². The van der Waals surface area contributed by atoms with E-state index in [1.165, 1.54) is 7.05 Å². The normalized spacial score (nSPS) is 11.5. The summed E-state index contributed by atoms with van der Waals surface area (Å²) < 4.78 is 6.62. The van der Waals surface area contributed by atoms with E-state index in [2.05, 4.69) is 15.7 Å². The molecule has 30 heavy (non-hydrogen) atoms. The summed E-state index contributed by atoms with van der Waals surface area (Å²) in [6.07, 6.45) is -1.39. The molecule has 2 aromatic carbocycles. The second-order valence-corrected chi connectivity index (χ2v) is 6.28. The first-order valence-corrected chi connectivity index (χ1v) is 9.24. The van der Waals surface area contributed by atoms with E-state index in [4.69, 9.17) is 4.74 Å². The minimum Gasteiger partial charge on any atom is -0.442 e. The van der Waals surface area contributed by atoms with Gasteiger partial charge < -0.3 is 10.1 Å². The maximum Gasteiger partial charge on any atom is 0.360 e. The number of urea groups is 1. The van der Waals surface area contributed by atoms with Crippen molar-refractivity contribution in [2.75, 3.05) is 7.05 Å². The average Bonchev–Trinajstić information content (AvgIpc) is 2.78. The molecule has 2 N–H and O–H groups in total. The highest BCUT2D eigenvalue weighted by atomic mass is 16.5. The lowest BCUT2D eigenvalue weighted by atomic mass is 10.1. The molecule has 3 amide bonds. The number of hydrogen-bond donors (Lipinski definition) is 2. The van der Waals surface area contributed by atoms with Gasteiger partial charge in [-0.1, -0.05) is 48.5 Å². The van der Waals surface area contributed by atoms with Crippen molar-refractivity contribution in [3.63, 3.8) is 0 Å². The molecule has 9 nitrogen and oxygen atoms in total. The summed E-state index contributed by atoms with van der Waals surface area (Å²) >= 11 is 0. The van der Waals surface area contributed by atoms with Crippen LogP contribution in [0.2, 0.25) is 0 Å². The van der Waals surface area contributed by atoms with Crippen molar-refractivity contribution < 1.29 is 19.1 Å². The lowest BCUT2D eigenvalue weighted by Crippen LogP contribution is -2.41. The molecule has 0 spiro atoms. The number of rotatable bonds is 5. The number of fused-ring (bicyclic) bond motifs is 1. The van der Waals surface area contributed by atoms with Crippen molar-refractivity contribution in [1.29, 1.82) is 0 Å². The Labute approximate surface area is 171 Å². The van der Waals surface area contributed by atoms with Gasteiger partial charge in [0.1, 0.15) is 0 Å². The molecule has 1 unspecified atom stereocenters. The van der Waals surface area contributed by atoms with E-state index >= 15 is 0 Å². The fraction of sp³-hybridized carbons (Fsp3) is 0.190. The Kier molecular flexibility index (Phi) is 6.21. The maximum absolute atomic E-state index is 13.0. The highest BCUT2D eigenvalue weighted by molar-refractivity contribution is 6.04. The molecule has 0 fully saturated rings. The number of esters is 1. The van der Waals surface area contributed by atoms with Gasteiger partial charge in [-0.05, 0) is 13.0 Å². The minimum atomic E-state index is -1.39. The Bertz CT molecular complexity index is 1160. The molecular formula is C21H20N4O5. The largest absolute Gasteiger partial charge is 0.442 e. The molecular weight excluding hydrogens is 388 g/mol. The number of amides is 3. The summed E-state index contributed by atoms with van der Waals surface area (Å²) in [6.45, 7) is 1.98. The number of carbonyl (C=O) groups is 3. The maximum atomic E-state index is 13.0. The van der Waals surface area contributed by atoms with E-state index < -0.39 is 24.0 Å². The Morgan fingerprint density at radius 3 is 2.30 bits per heavy atom. The highest BCUT2D eigenvalue weighted by Gasteiger charge is 2.28. The standard InChI is InChI=1S/C21H20N4O5/c1-3-25-19(27)15-12-8-7-11-14(15)16(24-25)20(28)30-17(13-9-5-4-6-10-13)18(26)23-21(29)22-2/h4-12,17H,3H2,1-2H3,(H2,22,23,26,29). The van der Waals surface area contributed by atoms with E-state index in [0.717, 1.165) is 4.68 Å². The zero-order valence-electron chi connectivity index (χ0n) is 16.4. The molecule has 1 atom stereocenters. The van der Waals surface area contributed by atoms with Gasteiger partial charge in [-0.15, -0.1) is 0 Å². The Morgan fingerprint density at radius 1 is 1.03 bits per heavy atom. The van der Waals surface area contributed by atoms with Crippen LogP contribution in [0.25, 0.3) is 10.8 Å². The average molecular weight is 408 g/mol. The summed E-state index contributed by atoms with van der Waals surface area (Å²) in [4.78, 5) is 49.7. The smallest absolute Gasteiger partial charge is 0.360 e. The van der Waals surface area contributed by atoms with Crippen molar-refractivity contribution in [2.45, 2.75) is 19.6 Å². The van der Waals surface area contributed by atoms with Crippen molar-refractivity contribution in [1.82, 2.24) is 20.4 Å². The van der Waals surface area contributed by atoms with Gasteiger partial charge in [0, 0.05) is 24.5 Å². The fourth-order valence-electron chi connectivity index (χ4n) is 2.90. The van der Waals surface area contributed by atoms with Crippen LogP contribution in [-0.2, 0) is 16.1 Å². The van der Waals surface area contributed by atoms with Crippen molar-refractivity contribution in [2.24, 2.45) is 0 Å². The van der Waals surface area contributed by atoms with Crippen LogP contribution in [0.3, 0.4) is 0 Å². The predicted octanol–water partition coefficient (Wildman–Crippen LogP) is 1.77. The van der Waals surface area contributed by atoms with Gasteiger partial charge in [0.15, 0.2) is 5.69 Å². The molecule has 9 heteroatoms. The van der Waals surface area contributed by atoms with Gasteiger partial charge >= 0.3 is 12.0 Å². The first-order valence-electron chi connectivity index (χ1n) is 9.24.